The van der Waals surface area contributed by atoms with Crippen molar-refractivity contribution in [3.63, 3.8) is 0 Å². The van der Waals surface area contributed by atoms with Crippen LogP contribution in [0.3, 0.4) is 0 Å². The molecule has 2 heterocycles. The summed E-state index contributed by atoms with van der Waals surface area (Å²) in [6, 6.07) is 6.39. The second kappa shape index (κ2) is 6.39. The third-order valence-corrected chi connectivity index (χ3v) is 4.81. The third kappa shape index (κ3) is 3.82. The normalized spacial score (nSPS) is 13.3. The van der Waals surface area contributed by atoms with Crippen LogP contribution in [0, 0.1) is 0 Å². The van der Waals surface area contributed by atoms with Crippen molar-refractivity contribution in [3.8, 4) is 0 Å². The molecule has 0 fully saturated rings. The maximum Gasteiger partial charge on any atom is 0.243 e. The van der Waals surface area contributed by atoms with Gasteiger partial charge in [-0.05, 0) is 37.6 Å². The van der Waals surface area contributed by atoms with E-state index in [-0.39, 0.29) is 16.1 Å². The standard InChI is InChI=1S/C13H15ClN2O3S/c1-10(6-7-11-4-3-9-19-11)16-20(17,18)12-5-2-8-15-13(12)14/h2-5,8-10,16H,6-7H2,1H3. The molecule has 2 aromatic heterocycles. The molecule has 2 rings (SSSR count). The molecule has 108 valence electrons. The lowest BCUT2D eigenvalue weighted by molar-refractivity contribution is 0.480. The minimum atomic E-state index is -3.66. The maximum absolute atomic E-state index is 12.2. The van der Waals surface area contributed by atoms with Crippen molar-refractivity contribution in [3.05, 3.63) is 47.6 Å². The Morgan fingerprint density at radius 1 is 1.40 bits per heavy atom. The first-order valence-corrected chi connectivity index (χ1v) is 8.00. The number of hydrogen-bond acceptors (Lipinski definition) is 4. The van der Waals surface area contributed by atoms with E-state index >= 15 is 0 Å². The fourth-order valence-corrected chi connectivity index (χ4v) is 3.50. The van der Waals surface area contributed by atoms with Gasteiger partial charge >= 0.3 is 0 Å². The molecular weight excluding hydrogens is 300 g/mol. The Labute approximate surface area is 123 Å². The molecule has 1 N–H and O–H groups in total. The Hall–Kier alpha value is -1.37. The van der Waals surface area contributed by atoms with E-state index in [0.717, 1.165) is 5.76 Å². The van der Waals surface area contributed by atoms with Crippen molar-refractivity contribution in [2.24, 2.45) is 0 Å². The van der Waals surface area contributed by atoms with Crippen molar-refractivity contribution in [1.82, 2.24) is 9.71 Å². The van der Waals surface area contributed by atoms with Gasteiger partial charge in [0, 0.05) is 18.7 Å². The quantitative estimate of drug-likeness (QED) is 0.832. The van der Waals surface area contributed by atoms with E-state index in [2.05, 4.69) is 9.71 Å². The average molecular weight is 315 g/mol. The summed E-state index contributed by atoms with van der Waals surface area (Å²) in [5, 5.41) is -0.0294. The summed E-state index contributed by atoms with van der Waals surface area (Å²) < 4.78 is 32.1. The van der Waals surface area contributed by atoms with Crippen molar-refractivity contribution in [2.75, 3.05) is 0 Å². The number of furan rings is 1. The van der Waals surface area contributed by atoms with E-state index in [0.29, 0.717) is 12.8 Å². The molecule has 0 bridgehead atoms. The fraction of sp³-hybridized carbons (Fsp3) is 0.308. The van der Waals surface area contributed by atoms with Crippen molar-refractivity contribution in [2.45, 2.75) is 30.7 Å². The Morgan fingerprint density at radius 3 is 2.85 bits per heavy atom. The van der Waals surface area contributed by atoms with E-state index in [1.807, 2.05) is 6.07 Å². The molecule has 2 aromatic rings. The van der Waals surface area contributed by atoms with Gasteiger partial charge in [-0.25, -0.2) is 18.1 Å². The van der Waals surface area contributed by atoms with Crippen LogP contribution in [0.25, 0.3) is 0 Å². The van der Waals surface area contributed by atoms with Gasteiger partial charge in [0.2, 0.25) is 10.0 Å². The first kappa shape index (κ1) is 15.0. The first-order valence-electron chi connectivity index (χ1n) is 6.14. The summed E-state index contributed by atoms with van der Waals surface area (Å²) in [6.45, 7) is 1.80. The number of aromatic nitrogens is 1. The second-order valence-corrected chi connectivity index (χ2v) is 6.47. The molecule has 0 amide bonds. The third-order valence-electron chi connectivity index (χ3n) is 2.77. The molecule has 0 saturated heterocycles. The monoisotopic (exact) mass is 314 g/mol. The Kier molecular flexibility index (Phi) is 4.80. The summed E-state index contributed by atoms with van der Waals surface area (Å²) in [6.07, 6.45) is 4.34. The van der Waals surface area contributed by atoms with Crippen molar-refractivity contribution in [1.29, 1.82) is 0 Å². The van der Waals surface area contributed by atoms with Crippen LogP contribution in [-0.4, -0.2) is 19.4 Å². The van der Waals surface area contributed by atoms with Crippen LogP contribution in [0.5, 0.6) is 0 Å². The van der Waals surface area contributed by atoms with E-state index < -0.39 is 10.0 Å². The maximum atomic E-state index is 12.2. The molecule has 5 nitrogen and oxygen atoms in total. The number of aryl methyl sites for hydroxylation is 1. The van der Waals surface area contributed by atoms with Crippen molar-refractivity contribution < 1.29 is 12.8 Å². The van der Waals surface area contributed by atoms with Gasteiger partial charge < -0.3 is 4.42 Å². The average Bonchev–Trinajstić information content (AvgIpc) is 2.89. The second-order valence-electron chi connectivity index (χ2n) is 4.43. The van der Waals surface area contributed by atoms with E-state index in [9.17, 15) is 8.42 Å². The van der Waals surface area contributed by atoms with Crippen molar-refractivity contribution >= 4 is 21.6 Å². The largest absolute Gasteiger partial charge is 0.469 e. The molecule has 0 aromatic carbocycles. The lowest BCUT2D eigenvalue weighted by atomic mass is 10.2. The molecule has 0 aliphatic heterocycles. The van der Waals surface area contributed by atoms with Gasteiger partial charge in [0.15, 0.2) is 0 Å². The zero-order chi connectivity index (χ0) is 14.6. The van der Waals surface area contributed by atoms with Gasteiger partial charge in [-0.15, -0.1) is 0 Å². The summed E-state index contributed by atoms with van der Waals surface area (Å²) in [4.78, 5) is 3.76. The molecule has 1 atom stereocenters. The summed E-state index contributed by atoms with van der Waals surface area (Å²) >= 11 is 5.81. The minimum Gasteiger partial charge on any atom is -0.469 e. The Balaban J connectivity index is 1.99. The fourth-order valence-electron chi connectivity index (χ4n) is 1.77. The minimum absolute atomic E-state index is 0.00786. The molecule has 0 aliphatic rings. The van der Waals surface area contributed by atoms with Crippen LogP contribution < -0.4 is 4.72 Å². The van der Waals surface area contributed by atoms with Gasteiger partial charge in [0.1, 0.15) is 15.8 Å². The summed E-state index contributed by atoms with van der Waals surface area (Å²) in [7, 11) is -3.66. The van der Waals surface area contributed by atoms with Crippen LogP contribution in [0.2, 0.25) is 5.15 Å². The number of halogens is 1. The number of nitrogens with one attached hydrogen (secondary N) is 1. The van der Waals surface area contributed by atoms with Gasteiger partial charge in [0.25, 0.3) is 0 Å². The van der Waals surface area contributed by atoms with Crippen LogP contribution in [0.15, 0.2) is 46.0 Å². The van der Waals surface area contributed by atoms with Crippen LogP contribution in [-0.2, 0) is 16.4 Å². The van der Waals surface area contributed by atoms with Crippen LogP contribution in [0.4, 0.5) is 0 Å². The topological polar surface area (TPSA) is 72.2 Å². The number of pyridine rings is 1. The molecule has 1 unspecified atom stereocenters. The van der Waals surface area contributed by atoms with Crippen LogP contribution >= 0.6 is 11.6 Å². The molecular formula is C13H15ClN2O3S. The highest BCUT2D eigenvalue weighted by atomic mass is 35.5. The number of nitrogens with zero attached hydrogens (tertiary/aromatic N) is 1. The molecule has 0 radical (unpaired) electrons. The number of rotatable bonds is 6. The predicted octanol–water partition coefficient (Wildman–Crippen LogP) is 2.63. The van der Waals surface area contributed by atoms with Gasteiger partial charge in [-0.2, -0.15) is 0 Å². The number of hydrogen-bond donors (Lipinski definition) is 1. The lowest BCUT2D eigenvalue weighted by Crippen LogP contribution is -2.33. The molecule has 20 heavy (non-hydrogen) atoms. The molecule has 7 heteroatoms. The zero-order valence-corrected chi connectivity index (χ0v) is 12.5. The Bertz CT molecular complexity index is 656. The van der Waals surface area contributed by atoms with E-state index in [4.69, 9.17) is 16.0 Å². The summed E-state index contributed by atoms with van der Waals surface area (Å²) in [5.41, 5.74) is 0. The van der Waals surface area contributed by atoms with Crippen LogP contribution in [0.1, 0.15) is 19.1 Å². The zero-order valence-electron chi connectivity index (χ0n) is 10.9. The molecule has 0 aliphatic carbocycles. The summed E-state index contributed by atoms with van der Waals surface area (Å²) in [5.74, 6) is 0.829. The van der Waals surface area contributed by atoms with Gasteiger partial charge in [0.05, 0.1) is 6.26 Å². The van der Waals surface area contributed by atoms with Gasteiger partial charge in [-0.1, -0.05) is 11.6 Å². The van der Waals surface area contributed by atoms with Gasteiger partial charge in [-0.3, -0.25) is 0 Å². The first-order chi connectivity index (χ1) is 9.49. The Morgan fingerprint density at radius 2 is 2.20 bits per heavy atom. The highest BCUT2D eigenvalue weighted by Crippen LogP contribution is 2.18. The number of sulfonamides is 1. The van der Waals surface area contributed by atoms with E-state index in [1.165, 1.54) is 18.3 Å². The SMILES string of the molecule is CC(CCc1ccco1)NS(=O)(=O)c1cccnc1Cl. The lowest BCUT2D eigenvalue weighted by Gasteiger charge is -2.14. The molecule has 0 saturated carbocycles. The smallest absolute Gasteiger partial charge is 0.243 e. The highest BCUT2D eigenvalue weighted by molar-refractivity contribution is 7.89. The predicted molar refractivity (Wildman–Crippen MR) is 76.1 cm³/mol. The highest BCUT2D eigenvalue weighted by Gasteiger charge is 2.20. The van der Waals surface area contributed by atoms with E-state index in [1.54, 1.807) is 19.3 Å². The molecule has 0 spiro atoms.